The van der Waals surface area contributed by atoms with Crippen LogP contribution in [0.25, 0.3) is 10.2 Å². The minimum absolute atomic E-state index is 0.160. The van der Waals surface area contributed by atoms with E-state index in [1.807, 2.05) is 13.8 Å². The summed E-state index contributed by atoms with van der Waals surface area (Å²) in [6, 6.07) is 4.36. The van der Waals surface area contributed by atoms with E-state index in [0.717, 1.165) is 56.4 Å². The zero-order valence-corrected chi connectivity index (χ0v) is 25.2. The molecule has 0 spiro atoms. The molecule has 2 rings (SSSR count). The zero-order valence-electron chi connectivity index (χ0n) is 24.4. The quantitative estimate of drug-likeness (QED) is 0.0716. The number of carboxylic acids is 1. The van der Waals surface area contributed by atoms with Gasteiger partial charge in [0, 0.05) is 32.6 Å². The molecule has 0 aliphatic rings. The first-order valence-corrected chi connectivity index (χ1v) is 16.2. The number of pyridine rings is 1. The standard InChI is InChI=1S/C32H52N2O4S/c1-3-37-31(38-4-2)22-24-33-29-26-27(32-28(34-29)23-25-39-32)20-18-16-14-12-10-8-6-5-7-9-11-13-15-17-19-21-30(35)36/h5,7,23,25-26,31H,3-4,6,8-22,24H2,1-2H3,(H,33,34)(H,35,36)/b7-5-. The van der Waals surface area contributed by atoms with Crippen LogP contribution >= 0.6 is 11.3 Å². The van der Waals surface area contributed by atoms with E-state index in [4.69, 9.17) is 19.6 Å². The molecule has 220 valence electrons. The summed E-state index contributed by atoms with van der Waals surface area (Å²) in [4.78, 5) is 15.3. The molecular formula is C32H52N2O4S. The monoisotopic (exact) mass is 560 g/mol. The van der Waals surface area contributed by atoms with E-state index in [0.29, 0.717) is 19.6 Å². The van der Waals surface area contributed by atoms with E-state index >= 15 is 0 Å². The lowest BCUT2D eigenvalue weighted by Crippen LogP contribution is -2.21. The molecule has 0 aliphatic carbocycles. The second-order valence-corrected chi connectivity index (χ2v) is 11.1. The second-order valence-electron chi connectivity index (χ2n) is 10.2. The molecule has 0 aliphatic heterocycles. The van der Waals surface area contributed by atoms with Crippen LogP contribution in [0.15, 0.2) is 29.7 Å². The van der Waals surface area contributed by atoms with Crippen LogP contribution in [-0.4, -0.2) is 42.1 Å². The van der Waals surface area contributed by atoms with Crippen LogP contribution in [0.1, 0.15) is 116 Å². The summed E-state index contributed by atoms with van der Waals surface area (Å²) in [6.45, 7) is 6.09. The average Bonchev–Trinajstić information content (AvgIpc) is 3.39. The van der Waals surface area contributed by atoms with Gasteiger partial charge in [0.2, 0.25) is 0 Å². The van der Waals surface area contributed by atoms with Gasteiger partial charge in [-0.1, -0.05) is 57.1 Å². The SMILES string of the molecule is CCOC(CCNc1cc(CCCCCCCC/C=C\CCCCCCCC(=O)O)c2sccc2n1)OCC. The molecule has 2 N–H and O–H groups in total. The first-order valence-electron chi connectivity index (χ1n) is 15.3. The number of aromatic nitrogens is 1. The van der Waals surface area contributed by atoms with Crippen molar-refractivity contribution in [3.63, 3.8) is 0 Å². The lowest BCUT2D eigenvalue weighted by molar-refractivity contribution is -0.137. The number of hydrogen-bond acceptors (Lipinski definition) is 6. The van der Waals surface area contributed by atoms with Gasteiger partial charge < -0.3 is 19.9 Å². The first kappa shape index (κ1) is 33.2. The van der Waals surface area contributed by atoms with Gasteiger partial charge in [-0.25, -0.2) is 4.98 Å². The molecule has 0 amide bonds. The molecule has 0 fully saturated rings. The molecule has 0 unspecified atom stereocenters. The largest absolute Gasteiger partial charge is 0.481 e. The topological polar surface area (TPSA) is 80.7 Å². The van der Waals surface area contributed by atoms with Crippen molar-refractivity contribution in [2.45, 2.75) is 123 Å². The highest BCUT2D eigenvalue weighted by atomic mass is 32.1. The number of rotatable bonds is 25. The van der Waals surface area contributed by atoms with Crippen molar-refractivity contribution in [3.05, 3.63) is 35.2 Å². The summed E-state index contributed by atoms with van der Waals surface area (Å²) < 4.78 is 12.6. The van der Waals surface area contributed by atoms with E-state index < -0.39 is 5.97 Å². The molecule has 0 saturated heterocycles. The number of allylic oxidation sites excluding steroid dienone is 2. The van der Waals surface area contributed by atoms with Crippen LogP contribution in [0, 0.1) is 0 Å². The third-order valence-corrected chi connectivity index (χ3v) is 7.85. The number of aliphatic carboxylic acids is 1. The van der Waals surface area contributed by atoms with Gasteiger partial charge in [0.15, 0.2) is 6.29 Å². The van der Waals surface area contributed by atoms with Gasteiger partial charge in [0.25, 0.3) is 0 Å². The van der Waals surface area contributed by atoms with E-state index in [1.165, 1.54) is 68.1 Å². The molecule has 39 heavy (non-hydrogen) atoms. The molecule has 0 bridgehead atoms. The van der Waals surface area contributed by atoms with Crippen molar-refractivity contribution in [2.75, 3.05) is 25.1 Å². The molecule has 7 heteroatoms. The highest BCUT2D eigenvalue weighted by molar-refractivity contribution is 7.17. The van der Waals surface area contributed by atoms with Crippen molar-refractivity contribution >= 4 is 33.3 Å². The Kier molecular flexibility index (Phi) is 18.6. The third-order valence-electron chi connectivity index (χ3n) is 6.87. The van der Waals surface area contributed by atoms with E-state index in [9.17, 15) is 4.79 Å². The molecule has 0 saturated carbocycles. The summed E-state index contributed by atoms with van der Waals surface area (Å²) in [6.07, 6.45) is 22.3. The van der Waals surface area contributed by atoms with Gasteiger partial charge in [-0.3, -0.25) is 4.79 Å². The summed E-state index contributed by atoms with van der Waals surface area (Å²) >= 11 is 1.80. The maximum absolute atomic E-state index is 10.5. The molecule has 6 nitrogen and oxygen atoms in total. The lowest BCUT2D eigenvalue weighted by Gasteiger charge is -2.17. The molecule has 2 aromatic heterocycles. The predicted octanol–water partition coefficient (Wildman–Crippen LogP) is 9.14. The number of unbranched alkanes of at least 4 members (excludes halogenated alkanes) is 11. The number of carboxylic acid groups (broad SMARTS) is 1. The summed E-state index contributed by atoms with van der Waals surface area (Å²) in [5.74, 6) is 0.276. The van der Waals surface area contributed by atoms with Crippen LogP contribution < -0.4 is 5.32 Å². The Labute approximate surface area is 240 Å². The normalized spacial score (nSPS) is 11.8. The number of aryl methyl sites for hydroxylation is 1. The van der Waals surface area contributed by atoms with Crippen molar-refractivity contribution in [3.8, 4) is 0 Å². The maximum Gasteiger partial charge on any atom is 0.303 e. The van der Waals surface area contributed by atoms with Crippen molar-refractivity contribution < 1.29 is 19.4 Å². The number of nitrogens with zero attached hydrogens (tertiary/aromatic N) is 1. The van der Waals surface area contributed by atoms with Crippen molar-refractivity contribution in [2.24, 2.45) is 0 Å². The Morgan fingerprint density at radius 3 is 2.21 bits per heavy atom. The Hall–Kier alpha value is -1.96. The fraction of sp³-hybridized carbons (Fsp3) is 0.688. The van der Waals surface area contributed by atoms with E-state index in [1.54, 1.807) is 11.3 Å². The van der Waals surface area contributed by atoms with E-state index in [2.05, 4.69) is 35.0 Å². The van der Waals surface area contributed by atoms with Gasteiger partial charge >= 0.3 is 5.97 Å². The Balaban J connectivity index is 1.54. The summed E-state index contributed by atoms with van der Waals surface area (Å²) in [7, 11) is 0. The van der Waals surface area contributed by atoms with Gasteiger partial charge in [-0.05, 0) is 81.9 Å². The Bertz CT molecular complexity index is 924. The summed E-state index contributed by atoms with van der Waals surface area (Å²) in [5, 5.41) is 14.3. The number of fused-ring (bicyclic) bond motifs is 1. The fourth-order valence-corrected chi connectivity index (χ4v) is 5.67. The van der Waals surface area contributed by atoms with Gasteiger partial charge in [0.1, 0.15) is 5.82 Å². The zero-order chi connectivity index (χ0) is 28.0. The third kappa shape index (κ3) is 15.4. The molecule has 0 aromatic carbocycles. The first-order chi connectivity index (χ1) is 19.1. The summed E-state index contributed by atoms with van der Waals surface area (Å²) in [5.41, 5.74) is 2.50. The van der Waals surface area contributed by atoms with Gasteiger partial charge in [-0.2, -0.15) is 0 Å². The number of hydrogen-bond donors (Lipinski definition) is 2. The van der Waals surface area contributed by atoms with Gasteiger partial charge in [-0.15, -0.1) is 11.3 Å². The molecule has 0 atom stereocenters. The average molecular weight is 561 g/mol. The molecule has 0 radical (unpaired) electrons. The maximum atomic E-state index is 10.5. The minimum Gasteiger partial charge on any atom is -0.481 e. The van der Waals surface area contributed by atoms with Gasteiger partial charge in [0.05, 0.1) is 10.2 Å². The van der Waals surface area contributed by atoms with Crippen molar-refractivity contribution in [1.29, 1.82) is 0 Å². The van der Waals surface area contributed by atoms with E-state index in [-0.39, 0.29) is 6.29 Å². The highest BCUT2D eigenvalue weighted by Crippen LogP contribution is 2.27. The highest BCUT2D eigenvalue weighted by Gasteiger charge is 2.10. The van der Waals surface area contributed by atoms with Crippen LogP contribution in [0.4, 0.5) is 5.82 Å². The number of nitrogens with one attached hydrogen (secondary N) is 1. The predicted molar refractivity (Wildman–Crippen MR) is 165 cm³/mol. The van der Waals surface area contributed by atoms with Crippen LogP contribution in [0.3, 0.4) is 0 Å². The second kappa shape index (κ2) is 21.8. The van der Waals surface area contributed by atoms with Crippen LogP contribution in [0.2, 0.25) is 0 Å². The number of thiophene rings is 1. The Morgan fingerprint density at radius 2 is 1.56 bits per heavy atom. The molecule has 2 aromatic rings. The Morgan fingerprint density at radius 1 is 0.949 bits per heavy atom. The minimum atomic E-state index is -0.674. The number of ether oxygens (including phenoxy) is 2. The molecule has 2 heterocycles. The van der Waals surface area contributed by atoms with Crippen LogP contribution in [-0.2, 0) is 20.7 Å². The smallest absolute Gasteiger partial charge is 0.303 e. The van der Waals surface area contributed by atoms with Crippen LogP contribution in [0.5, 0.6) is 0 Å². The van der Waals surface area contributed by atoms with Crippen molar-refractivity contribution in [1.82, 2.24) is 4.98 Å². The lowest BCUT2D eigenvalue weighted by atomic mass is 10.0. The fourth-order valence-electron chi connectivity index (χ4n) is 4.79. The number of carbonyl (C=O) groups is 1. The molecular weight excluding hydrogens is 508 g/mol. The number of anilines is 1.